The summed E-state index contributed by atoms with van der Waals surface area (Å²) in [5.41, 5.74) is 0.131. The minimum Gasteiger partial charge on any atom is -0.422 e. The van der Waals surface area contributed by atoms with Crippen molar-refractivity contribution in [3.05, 3.63) is 69.8 Å². The highest BCUT2D eigenvalue weighted by Gasteiger charge is 2.14. The number of anilines is 1. The van der Waals surface area contributed by atoms with E-state index >= 15 is 0 Å². The van der Waals surface area contributed by atoms with Gasteiger partial charge in [0.1, 0.15) is 16.3 Å². The number of carbonyl (C=O) groups excluding carboxylic acids is 1. The third-order valence-corrected chi connectivity index (χ3v) is 3.08. The van der Waals surface area contributed by atoms with E-state index in [0.717, 1.165) is 0 Å². The van der Waals surface area contributed by atoms with E-state index in [9.17, 15) is 9.59 Å². The van der Waals surface area contributed by atoms with Crippen molar-refractivity contribution in [2.45, 2.75) is 0 Å². The zero-order valence-electron chi connectivity index (χ0n) is 10.7. The van der Waals surface area contributed by atoms with Crippen molar-refractivity contribution in [1.29, 1.82) is 0 Å². The molecule has 0 unspecified atom stereocenters. The molecule has 3 rings (SSSR count). The zero-order valence-corrected chi connectivity index (χ0v) is 11.4. The third kappa shape index (κ3) is 2.78. The van der Waals surface area contributed by atoms with Crippen LogP contribution in [-0.2, 0) is 0 Å². The molecular formula is C15H9ClN2O3. The van der Waals surface area contributed by atoms with Crippen LogP contribution >= 0.6 is 11.6 Å². The molecule has 3 aromatic rings. The molecule has 0 aliphatic carbocycles. The van der Waals surface area contributed by atoms with Crippen molar-refractivity contribution in [3.63, 3.8) is 0 Å². The van der Waals surface area contributed by atoms with E-state index in [2.05, 4.69) is 10.3 Å². The van der Waals surface area contributed by atoms with Crippen molar-refractivity contribution in [1.82, 2.24) is 4.98 Å². The van der Waals surface area contributed by atoms with Crippen molar-refractivity contribution >= 4 is 34.2 Å². The smallest absolute Gasteiger partial charge is 0.349 e. The zero-order chi connectivity index (χ0) is 14.8. The Morgan fingerprint density at radius 1 is 1.19 bits per heavy atom. The molecule has 1 aromatic carbocycles. The fourth-order valence-corrected chi connectivity index (χ4v) is 2.07. The lowest BCUT2D eigenvalue weighted by Crippen LogP contribution is -2.20. The molecule has 1 amide bonds. The Morgan fingerprint density at radius 2 is 2.00 bits per heavy atom. The number of nitrogens with zero attached hydrogens (tertiary/aromatic N) is 1. The Hall–Kier alpha value is -2.66. The van der Waals surface area contributed by atoms with Crippen LogP contribution in [0.1, 0.15) is 10.4 Å². The molecule has 2 aromatic heterocycles. The van der Waals surface area contributed by atoms with E-state index in [0.29, 0.717) is 16.7 Å². The molecule has 0 spiro atoms. The van der Waals surface area contributed by atoms with Gasteiger partial charge in [0, 0.05) is 17.3 Å². The highest BCUT2D eigenvalue weighted by molar-refractivity contribution is 6.29. The van der Waals surface area contributed by atoms with Gasteiger partial charge in [0.2, 0.25) is 0 Å². The summed E-state index contributed by atoms with van der Waals surface area (Å²) >= 11 is 5.74. The number of aromatic nitrogens is 1. The van der Waals surface area contributed by atoms with Crippen LogP contribution in [-0.4, -0.2) is 10.9 Å². The van der Waals surface area contributed by atoms with Gasteiger partial charge in [-0.2, -0.15) is 0 Å². The summed E-state index contributed by atoms with van der Waals surface area (Å²) in [6, 6.07) is 11.5. The van der Waals surface area contributed by atoms with Crippen LogP contribution in [0.5, 0.6) is 0 Å². The first-order valence-corrected chi connectivity index (χ1v) is 6.47. The number of benzene rings is 1. The van der Waals surface area contributed by atoms with Gasteiger partial charge >= 0.3 is 5.63 Å². The molecule has 1 N–H and O–H groups in total. The molecule has 5 nitrogen and oxygen atoms in total. The van der Waals surface area contributed by atoms with Crippen LogP contribution < -0.4 is 10.9 Å². The Kier molecular flexibility index (Phi) is 3.41. The molecule has 0 fully saturated rings. The van der Waals surface area contributed by atoms with Gasteiger partial charge in [0.25, 0.3) is 5.91 Å². The molecule has 0 saturated heterocycles. The van der Waals surface area contributed by atoms with Gasteiger partial charge in [0.05, 0.1) is 0 Å². The first-order valence-electron chi connectivity index (χ1n) is 6.09. The van der Waals surface area contributed by atoms with E-state index in [-0.39, 0.29) is 10.7 Å². The monoisotopic (exact) mass is 300 g/mol. The number of halogens is 1. The number of hydrogen-bond acceptors (Lipinski definition) is 4. The molecule has 104 valence electrons. The third-order valence-electron chi connectivity index (χ3n) is 2.87. The molecule has 6 heteroatoms. The maximum absolute atomic E-state index is 12.2. The number of para-hydroxylation sites is 1. The van der Waals surface area contributed by atoms with E-state index in [1.807, 2.05) is 0 Å². The standard InChI is InChI=1S/C15H9ClN2O3/c16-13-8-10(5-6-17-13)18-14(19)11-7-9-3-1-2-4-12(9)21-15(11)20/h1-8H,(H,17,18,19). The first-order chi connectivity index (χ1) is 10.1. The molecule has 0 radical (unpaired) electrons. The molecule has 2 heterocycles. The molecule has 0 aliphatic heterocycles. The number of nitrogens with one attached hydrogen (secondary N) is 1. The van der Waals surface area contributed by atoms with Crippen LogP contribution in [0.15, 0.2) is 57.9 Å². The average molecular weight is 301 g/mol. The van der Waals surface area contributed by atoms with E-state index in [4.69, 9.17) is 16.0 Å². The molecule has 21 heavy (non-hydrogen) atoms. The predicted octanol–water partition coefficient (Wildman–Crippen LogP) is 3.09. The minimum atomic E-state index is -0.689. The number of rotatable bonds is 2. The molecule has 0 atom stereocenters. The lowest BCUT2D eigenvalue weighted by atomic mass is 10.2. The summed E-state index contributed by atoms with van der Waals surface area (Å²) in [5.74, 6) is -0.559. The molecule has 0 bridgehead atoms. The van der Waals surface area contributed by atoms with Crippen molar-refractivity contribution in [2.75, 3.05) is 5.32 Å². The van der Waals surface area contributed by atoms with E-state index in [1.54, 1.807) is 30.3 Å². The second-order valence-electron chi connectivity index (χ2n) is 4.31. The van der Waals surface area contributed by atoms with Crippen LogP contribution in [0, 0.1) is 0 Å². The SMILES string of the molecule is O=C(Nc1ccnc(Cl)c1)c1cc2ccccc2oc1=O. The molecular weight excluding hydrogens is 292 g/mol. The van der Waals surface area contributed by atoms with Gasteiger partial charge in [-0.05, 0) is 24.3 Å². The van der Waals surface area contributed by atoms with Crippen molar-refractivity contribution < 1.29 is 9.21 Å². The van der Waals surface area contributed by atoms with E-state index in [1.165, 1.54) is 18.3 Å². The minimum absolute atomic E-state index is 0.0679. The Balaban J connectivity index is 1.98. The summed E-state index contributed by atoms with van der Waals surface area (Å²) in [6.45, 7) is 0. The summed E-state index contributed by atoms with van der Waals surface area (Å²) in [7, 11) is 0. The second-order valence-corrected chi connectivity index (χ2v) is 4.69. The number of carbonyl (C=O) groups is 1. The Morgan fingerprint density at radius 3 is 2.81 bits per heavy atom. The first kappa shape index (κ1) is 13.3. The molecule has 0 aliphatic rings. The van der Waals surface area contributed by atoms with E-state index < -0.39 is 11.5 Å². The number of hydrogen-bond donors (Lipinski definition) is 1. The highest BCUT2D eigenvalue weighted by Crippen LogP contribution is 2.15. The van der Waals surface area contributed by atoms with Gasteiger partial charge in [-0.25, -0.2) is 9.78 Å². The summed E-state index contributed by atoms with van der Waals surface area (Å²) in [6.07, 6.45) is 1.46. The van der Waals surface area contributed by atoms with Gasteiger partial charge in [-0.1, -0.05) is 29.8 Å². The summed E-state index contributed by atoms with van der Waals surface area (Å²) in [5, 5.41) is 3.51. The van der Waals surface area contributed by atoms with Gasteiger partial charge in [0.15, 0.2) is 0 Å². The summed E-state index contributed by atoms with van der Waals surface area (Å²) in [4.78, 5) is 27.8. The number of pyridine rings is 1. The van der Waals surface area contributed by atoms with Crippen molar-refractivity contribution in [3.8, 4) is 0 Å². The maximum Gasteiger partial charge on any atom is 0.349 e. The van der Waals surface area contributed by atoms with Crippen LogP contribution in [0.3, 0.4) is 0 Å². The van der Waals surface area contributed by atoms with Gasteiger partial charge in [-0.3, -0.25) is 4.79 Å². The van der Waals surface area contributed by atoms with Crippen LogP contribution in [0.2, 0.25) is 5.15 Å². The van der Waals surface area contributed by atoms with Gasteiger partial charge < -0.3 is 9.73 Å². The van der Waals surface area contributed by atoms with Crippen LogP contribution in [0.25, 0.3) is 11.0 Å². The van der Waals surface area contributed by atoms with Gasteiger partial charge in [-0.15, -0.1) is 0 Å². The topological polar surface area (TPSA) is 72.2 Å². The number of fused-ring (bicyclic) bond motifs is 1. The fourth-order valence-electron chi connectivity index (χ4n) is 1.90. The lowest BCUT2D eigenvalue weighted by molar-refractivity contribution is 0.102. The largest absolute Gasteiger partial charge is 0.422 e. The normalized spacial score (nSPS) is 10.5. The Labute approximate surface area is 124 Å². The predicted molar refractivity (Wildman–Crippen MR) is 79.7 cm³/mol. The summed E-state index contributed by atoms with van der Waals surface area (Å²) < 4.78 is 5.12. The maximum atomic E-state index is 12.2. The fraction of sp³-hybridized carbons (Fsp3) is 0. The molecule has 0 saturated carbocycles. The lowest BCUT2D eigenvalue weighted by Gasteiger charge is -2.05. The second kappa shape index (κ2) is 5.38. The number of amides is 1. The van der Waals surface area contributed by atoms with Crippen molar-refractivity contribution in [2.24, 2.45) is 0 Å². The highest BCUT2D eigenvalue weighted by atomic mass is 35.5. The van der Waals surface area contributed by atoms with Crippen LogP contribution in [0.4, 0.5) is 5.69 Å². The quantitative estimate of drug-likeness (QED) is 0.583. The average Bonchev–Trinajstić information content (AvgIpc) is 2.46. The Bertz CT molecular complexity index is 889.